The molecule has 16 heavy (non-hydrogen) atoms. The van der Waals surface area contributed by atoms with Crippen molar-refractivity contribution in [3.05, 3.63) is 34.9 Å². The molecule has 1 rings (SSSR count). The van der Waals surface area contributed by atoms with Crippen LogP contribution < -0.4 is 0 Å². The summed E-state index contributed by atoms with van der Waals surface area (Å²) in [7, 11) is 0. The van der Waals surface area contributed by atoms with Gasteiger partial charge in [0.2, 0.25) is 0 Å². The fraction of sp³-hybridized carbons (Fsp3) is 0.571. The molecule has 0 aliphatic heterocycles. The van der Waals surface area contributed by atoms with Crippen LogP contribution in [0.1, 0.15) is 44.6 Å². The molecule has 1 aromatic carbocycles. The Balaban J connectivity index is 2.23. The summed E-state index contributed by atoms with van der Waals surface area (Å²) in [6, 6.07) is 8.16. The molecule has 0 aliphatic rings. The van der Waals surface area contributed by atoms with E-state index in [9.17, 15) is 0 Å². The molecule has 2 heteroatoms. The molecular formula is C14H20BrCl. The third-order valence-corrected chi connectivity index (χ3v) is 3.77. The van der Waals surface area contributed by atoms with Gasteiger partial charge in [-0.2, -0.15) is 0 Å². The molecule has 0 bridgehead atoms. The lowest BCUT2D eigenvalue weighted by molar-refractivity contribution is 0.619. The number of hydrogen-bond acceptors (Lipinski definition) is 0. The molecular weight excluding hydrogens is 284 g/mol. The molecule has 0 amide bonds. The molecule has 0 saturated carbocycles. The van der Waals surface area contributed by atoms with Crippen LogP contribution in [0.2, 0.25) is 5.02 Å². The zero-order chi connectivity index (χ0) is 11.8. The number of alkyl halides is 1. The van der Waals surface area contributed by atoms with Crippen molar-refractivity contribution < 1.29 is 0 Å². The first-order valence-electron chi connectivity index (χ1n) is 6.11. The summed E-state index contributed by atoms with van der Waals surface area (Å²) in [4.78, 5) is 0.602. The van der Waals surface area contributed by atoms with Crippen LogP contribution in [0.15, 0.2) is 24.3 Å². The van der Waals surface area contributed by atoms with Crippen molar-refractivity contribution in [3.63, 3.8) is 0 Å². The van der Waals surface area contributed by atoms with Crippen LogP contribution in [0.25, 0.3) is 0 Å². The van der Waals surface area contributed by atoms with Crippen LogP contribution >= 0.6 is 27.5 Å². The molecule has 1 unspecified atom stereocenters. The van der Waals surface area contributed by atoms with Crippen LogP contribution in [-0.4, -0.2) is 4.83 Å². The largest absolute Gasteiger partial charge is 0.0887 e. The Morgan fingerprint density at radius 3 is 2.44 bits per heavy atom. The molecule has 0 saturated heterocycles. The molecule has 0 aromatic heterocycles. The Kier molecular flexibility index (Phi) is 7.15. The minimum Gasteiger partial charge on any atom is -0.0887 e. The number of unbranched alkanes of at least 4 members (excludes halogenated alkanes) is 3. The van der Waals surface area contributed by atoms with Gasteiger partial charge in [-0.1, -0.05) is 72.3 Å². The van der Waals surface area contributed by atoms with Crippen molar-refractivity contribution in [2.45, 2.75) is 50.3 Å². The summed E-state index contributed by atoms with van der Waals surface area (Å²) in [6.45, 7) is 2.25. The highest BCUT2D eigenvalue weighted by atomic mass is 79.9. The van der Waals surface area contributed by atoms with E-state index in [1.165, 1.54) is 37.7 Å². The van der Waals surface area contributed by atoms with Gasteiger partial charge in [-0.3, -0.25) is 0 Å². The average Bonchev–Trinajstić information content (AvgIpc) is 2.28. The lowest BCUT2D eigenvalue weighted by Crippen LogP contribution is -2.02. The van der Waals surface area contributed by atoms with Crippen LogP contribution in [0.4, 0.5) is 0 Å². The zero-order valence-corrected chi connectivity index (χ0v) is 12.2. The van der Waals surface area contributed by atoms with E-state index >= 15 is 0 Å². The molecule has 0 radical (unpaired) electrons. The van der Waals surface area contributed by atoms with Crippen molar-refractivity contribution in [2.24, 2.45) is 0 Å². The second kappa shape index (κ2) is 8.14. The fourth-order valence-electron chi connectivity index (χ4n) is 1.77. The van der Waals surface area contributed by atoms with Crippen molar-refractivity contribution >= 4 is 27.5 Å². The Bertz CT molecular complexity index is 281. The van der Waals surface area contributed by atoms with Crippen molar-refractivity contribution in [1.82, 2.24) is 0 Å². The first kappa shape index (κ1) is 14.1. The van der Waals surface area contributed by atoms with E-state index in [1.807, 2.05) is 12.1 Å². The second-order valence-corrected chi connectivity index (χ2v) is 6.01. The molecule has 0 nitrogen and oxygen atoms in total. The topological polar surface area (TPSA) is 0 Å². The maximum absolute atomic E-state index is 5.85. The molecule has 1 atom stereocenters. The number of hydrogen-bond donors (Lipinski definition) is 0. The van der Waals surface area contributed by atoms with E-state index in [-0.39, 0.29) is 0 Å². The highest BCUT2D eigenvalue weighted by Gasteiger charge is 2.05. The van der Waals surface area contributed by atoms with Gasteiger partial charge in [-0.05, 0) is 30.5 Å². The van der Waals surface area contributed by atoms with E-state index in [2.05, 4.69) is 35.0 Å². The molecule has 0 N–H and O–H groups in total. The minimum absolute atomic E-state index is 0.602. The number of rotatable bonds is 7. The molecule has 1 aromatic rings. The quantitative estimate of drug-likeness (QED) is 0.453. The SMILES string of the molecule is CCCCCCC(Br)Cc1ccc(Cl)cc1. The lowest BCUT2D eigenvalue weighted by atomic mass is 10.1. The summed E-state index contributed by atoms with van der Waals surface area (Å²) < 4.78 is 0. The summed E-state index contributed by atoms with van der Waals surface area (Å²) in [5.74, 6) is 0. The van der Waals surface area contributed by atoms with E-state index in [0.717, 1.165) is 11.4 Å². The van der Waals surface area contributed by atoms with Gasteiger partial charge >= 0.3 is 0 Å². The maximum Gasteiger partial charge on any atom is 0.0406 e. The van der Waals surface area contributed by atoms with Gasteiger partial charge in [-0.15, -0.1) is 0 Å². The highest BCUT2D eigenvalue weighted by Crippen LogP contribution is 2.18. The minimum atomic E-state index is 0.602. The summed E-state index contributed by atoms with van der Waals surface area (Å²) in [5, 5.41) is 0.817. The Morgan fingerprint density at radius 1 is 1.12 bits per heavy atom. The predicted molar refractivity (Wildman–Crippen MR) is 76.6 cm³/mol. The van der Waals surface area contributed by atoms with Gasteiger partial charge in [-0.25, -0.2) is 0 Å². The zero-order valence-electron chi connectivity index (χ0n) is 9.89. The van der Waals surface area contributed by atoms with Gasteiger partial charge in [0.05, 0.1) is 0 Å². The number of halogens is 2. The molecule has 0 heterocycles. The van der Waals surface area contributed by atoms with E-state index in [0.29, 0.717) is 4.83 Å². The molecule has 0 aliphatic carbocycles. The van der Waals surface area contributed by atoms with E-state index in [4.69, 9.17) is 11.6 Å². The second-order valence-electron chi connectivity index (χ2n) is 4.28. The van der Waals surface area contributed by atoms with Gasteiger partial charge < -0.3 is 0 Å². The lowest BCUT2D eigenvalue weighted by Gasteiger charge is -2.09. The number of benzene rings is 1. The first-order chi connectivity index (χ1) is 7.72. The monoisotopic (exact) mass is 302 g/mol. The van der Waals surface area contributed by atoms with Gasteiger partial charge in [0, 0.05) is 9.85 Å². The van der Waals surface area contributed by atoms with Crippen LogP contribution in [-0.2, 0) is 6.42 Å². The fourth-order valence-corrected chi connectivity index (χ4v) is 2.59. The Labute approximate surface area is 113 Å². The van der Waals surface area contributed by atoms with E-state index < -0.39 is 0 Å². The Morgan fingerprint density at radius 2 is 1.81 bits per heavy atom. The Hall–Kier alpha value is -0.0100. The van der Waals surface area contributed by atoms with Crippen LogP contribution in [0.3, 0.4) is 0 Å². The molecule has 90 valence electrons. The summed E-state index contributed by atoms with van der Waals surface area (Å²) in [5.41, 5.74) is 1.36. The normalized spacial score (nSPS) is 12.7. The molecule has 0 fully saturated rings. The predicted octanol–water partition coefficient (Wildman–Crippen LogP) is 5.62. The van der Waals surface area contributed by atoms with Crippen LogP contribution in [0.5, 0.6) is 0 Å². The van der Waals surface area contributed by atoms with Gasteiger partial charge in [0.1, 0.15) is 0 Å². The highest BCUT2D eigenvalue weighted by molar-refractivity contribution is 9.09. The third-order valence-electron chi connectivity index (χ3n) is 2.74. The van der Waals surface area contributed by atoms with Crippen molar-refractivity contribution in [3.8, 4) is 0 Å². The molecule has 0 spiro atoms. The maximum atomic E-state index is 5.85. The van der Waals surface area contributed by atoms with Gasteiger partial charge in [0.25, 0.3) is 0 Å². The smallest absolute Gasteiger partial charge is 0.0406 e. The average molecular weight is 304 g/mol. The van der Waals surface area contributed by atoms with E-state index in [1.54, 1.807) is 0 Å². The first-order valence-corrected chi connectivity index (χ1v) is 7.40. The standard InChI is InChI=1S/C14H20BrCl/c1-2-3-4-5-6-13(15)11-12-7-9-14(16)10-8-12/h7-10,13H,2-6,11H2,1H3. The van der Waals surface area contributed by atoms with Crippen molar-refractivity contribution in [1.29, 1.82) is 0 Å². The third kappa shape index (κ3) is 5.91. The van der Waals surface area contributed by atoms with Gasteiger partial charge in [0.15, 0.2) is 0 Å². The summed E-state index contributed by atoms with van der Waals surface area (Å²) in [6.07, 6.45) is 7.73. The summed E-state index contributed by atoms with van der Waals surface area (Å²) >= 11 is 9.61. The van der Waals surface area contributed by atoms with Crippen molar-refractivity contribution in [2.75, 3.05) is 0 Å². The van der Waals surface area contributed by atoms with Crippen LogP contribution in [0, 0.1) is 0 Å².